The molecule has 10 heteroatoms. The summed E-state index contributed by atoms with van der Waals surface area (Å²) in [6, 6.07) is 21.7. The predicted octanol–water partition coefficient (Wildman–Crippen LogP) is 7.89. The molecule has 1 heterocycles. The van der Waals surface area contributed by atoms with Crippen molar-refractivity contribution in [2.75, 3.05) is 51.3 Å². The molecule has 1 aliphatic rings. The summed E-state index contributed by atoms with van der Waals surface area (Å²) < 4.78 is 18.9. The van der Waals surface area contributed by atoms with E-state index in [1.54, 1.807) is 23.0 Å². The first-order chi connectivity index (χ1) is 23.1. The van der Waals surface area contributed by atoms with Gasteiger partial charge in [0.15, 0.2) is 11.5 Å². The third-order valence-electron chi connectivity index (χ3n) is 8.43. The first-order valence-electron chi connectivity index (χ1n) is 17.1. The molecule has 0 aromatic heterocycles. The van der Waals surface area contributed by atoms with Gasteiger partial charge in [0.05, 0.1) is 20.1 Å². The van der Waals surface area contributed by atoms with Gasteiger partial charge in [-0.1, -0.05) is 74.8 Å². The Balaban J connectivity index is 0.00000650. The monoisotopic (exact) mass is 713 g/mol. The van der Waals surface area contributed by atoms with E-state index in [9.17, 15) is 9.59 Å². The zero-order chi connectivity index (χ0) is 34.7. The second-order valence-electron chi connectivity index (χ2n) is 13.4. The number of hydrogen-bond donors (Lipinski definition) is 1. The molecule has 0 aliphatic carbocycles. The fraction of sp³-hybridized carbons (Fsp3) is 0.487. The molecule has 0 fully saturated rings. The largest absolute Gasteiger partial charge is 0.492 e. The first-order valence-corrected chi connectivity index (χ1v) is 17.5. The average Bonchev–Trinajstić information content (AvgIpc) is 3.16. The van der Waals surface area contributed by atoms with Crippen molar-refractivity contribution in [2.45, 2.75) is 72.5 Å². The number of para-hydroxylation sites is 1. The van der Waals surface area contributed by atoms with Gasteiger partial charge in [-0.2, -0.15) is 0 Å². The minimum absolute atomic E-state index is 0. The lowest BCUT2D eigenvalue weighted by Gasteiger charge is -2.31. The maximum atomic E-state index is 14.3. The van der Waals surface area contributed by atoms with Gasteiger partial charge in [-0.3, -0.25) is 9.59 Å². The number of nitrogens with zero attached hydrogens (tertiary/aromatic N) is 2. The topological polar surface area (TPSA) is 80.3 Å². The molecular weight excluding hydrogens is 661 g/mol. The summed E-state index contributed by atoms with van der Waals surface area (Å²) in [5, 5.41) is 4.03. The Labute approximate surface area is 303 Å². The molecule has 0 saturated heterocycles. The van der Waals surface area contributed by atoms with Gasteiger partial charge in [0.2, 0.25) is 5.91 Å². The van der Waals surface area contributed by atoms with Crippen molar-refractivity contribution in [3.63, 3.8) is 0 Å². The quantitative estimate of drug-likeness (QED) is 0.152. The first kappa shape index (κ1) is 40.1. The number of methoxy groups -OCH3 is 1. The van der Waals surface area contributed by atoms with Gasteiger partial charge in [-0.25, -0.2) is 0 Å². The number of ether oxygens (including phenoxy) is 3. The SMILES string of the molecule is CCN(CC)C(=O)C[C@H]1O[C@H](c2cccc(OCCCNCCCc3ccccc3)c2OC)c2cc(Cl)ccc2N(CC(C)(C)C)C1=O.Cl. The van der Waals surface area contributed by atoms with E-state index in [0.717, 1.165) is 37.9 Å². The Morgan fingerprint density at radius 3 is 2.37 bits per heavy atom. The van der Waals surface area contributed by atoms with Crippen molar-refractivity contribution >= 4 is 41.5 Å². The number of hydrogen-bond acceptors (Lipinski definition) is 6. The van der Waals surface area contributed by atoms with Crippen LogP contribution in [-0.2, 0) is 20.7 Å². The van der Waals surface area contributed by atoms with Crippen molar-refractivity contribution in [3.8, 4) is 11.5 Å². The van der Waals surface area contributed by atoms with Crippen molar-refractivity contribution in [2.24, 2.45) is 5.41 Å². The van der Waals surface area contributed by atoms with Crippen LogP contribution in [0, 0.1) is 5.41 Å². The van der Waals surface area contributed by atoms with E-state index in [2.05, 4.69) is 50.4 Å². The highest BCUT2D eigenvalue weighted by molar-refractivity contribution is 6.30. The third kappa shape index (κ3) is 11.1. The lowest BCUT2D eigenvalue weighted by Crippen LogP contribution is -2.45. The summed E-state index contributed by atoms with van der Waals surface area (Å²) in [4.78, 5) is 31.1. The lowest BCUT2D eigenvalue weighted by atomic mass is 9.94. The van der Waals surface area contributed by atoms with Gasteiger partial charge in [-0.05, 0) is 81.4 Å². The number of nitrogens with one attached hydrogen (secondary N) is 1. The molecule has 0 radical (unpaired) electrons. The van der Waals surface area contributed by atoms with E-state index in [-0.39, 0.29) is 36.1 Å². The van der Waals surface area contributed by atoms with E-state index in [0.29, 0.717) is 54.0 Å². The number of amides is 2. The number of fused-ring (bicyclic) bond motifs is 1. The van der Waals surface area contributed by atoms with Crippen LogP contribution in [0.25, 0.3) is 0 Å². The van der Waals surface area contributed by atoms with E-state index in [4.69, 9.17) is 25.8 Å². The molecule has 0 saturated carbocycles. The van der Waals surface area contributed by atoms with E-state index in [1.807, 2.05) is 50.2 Å². The van der Waals surface area contributed by atoms with Gasteiger partial charge in [0.25, 0.3) is 5.91 Å². The van der Waals surface area contributed by atoms with Crippen LogP contribution >= 0.6 is 24.0 Å². The van der Waals surface area contributed by atoms with E-state index >= 15 is 0 Å². The fourth-order valence-corrected chi connectivity index (χ4v) is 6.27. The molecule has 8 nitrogen and oxygen atoms in total. The molecule has 0 unspecified atom stereocenters. The Kier molecular flexibility index (Phi) is 15.7. The van der Waals surface area contributed by atoms with Crippen LogP contribution in [-0.4, -0.2) is 69.3 Å². The van der Waals surface area contributed by atoms with Gasteiger partial charge in [-0.15, -0.1) is 12.4 Å². The second-order valence-corrected chi connectivity index (χ2v) is 13.8. The summed E-state index contributed by atoms with van der Waals surface area (Å²) in [7, 11) is 1.61. The molecule has 1 N–H and O–H groups in total. The van der Waals surface area contributed by atoms with Crippen molar-refractivity contribution < 1.29 is 23.8 Å². The zero-order valence-corrected chi connectivity index (χ0v) is 31.4. The van der Waals surface area contributed by atoms with Crippen LogP contribution in [0.15, 0.2) is 66.7 Å². The smallest absolute Gasteiger partial charge is 0.256 e. The minimum atomic E-state index is -1.01. The highest BCUT2D eigenvalue weighted by Gasteiger charge is 2.40. The summed E-state index contributed by atoms with van der Waals surface area (Å²) in [6.45, 7) is 13.9. The maximum absolute atomic E-state index is 14.3. The van der Waals surface area contributed by atoms with Gasteiger partial charge in [0, 0.05) is 41.5 Å². The number of aryl methyl sites for hydroxylation is 1. The highest BCUT2D eigenvalue weighted by Crippen LogP contribution is 2.45. The predicted molar refractivity (Wildman–Crippen MR) is 201 cm³/mol. The van der Waals surface area contributed by atoms with Gasteiger partial charge in [0.1, 0.15) is 12.2 Å². The average molecular weight is 715 g/mol. The van der Waals surface area contributed by atoms with E-state index < -0.39 is 12.2 Å². The molecule has 268 valence electrons. The molecule has 4 rings (SSSR count). The Morgan fingerprint density at radius 1 is 0.980 bits per heavy atom. The summed E-state index contributed by atoms with van der Waals surface area (Å²) >= 11 is 6.58. The summed E-state index contributed by atoms with van der Waals surface area (Å²) in [5.41, 5.74) is 3.26. The number of benzene rings is 3. The molecule has 3 aromatic carbocycles. The molecule has 49 heavy (non-hydrogen) atoms. The number of halogens is 2. The van der Waals surface area contributed by atoms with Gasteiger partial charge < -0.3 is 29.3 Å². The van der Waals surface area contributed by atoms with Crippen LogP contribution in [0.3, 0.4) is 0 Å². The second kappa shape index (κ2) is 19.2. The van der Waals surface area contributed by atoms with Crippen LogP contribution in [0.1, 0.15) is 76.7 Å². The molecular formula is C39H53Cl2N3O5. The minimum Gasteiger partial charge on any atom is -0.492 e. The summed E-state index contributed by atoms with van der Waals surface area (Å²) in [6.07, 6.45) is 1.12. The van der Waals surface area contributed by atoms with Gasteiger partial charge >= 0.3 is 0 Å². The number of carbonyl (C=O) groups excluding carboxylic acids is 2. The molecule has 0 spiro atoms. The van der Waals surface area contributed by atoms with Crippen molar-refractivity contribution in [1.82, 2.24) is 10.2 Å². The molecule has 1 aliphatic heterocycles. The number of carbonyl (C=O) groups is 2. The Hall–Kier alpha value is -3.30. The van der Waals surface area contributed by atoms with Crippen LogP contribution in [0.4, 0.5) is 5.69 Å². The molecule has 0 bridgehead atoms. The fourth-order valence-electron chi connectivity index (χ4n) is 6.09. The normalized spacial score (nSPS) is 16.0. The zero-order valence-electron chi connectivity index (χ0n) is 29.8. The van der Waals surface area contributed by atoms with Crippen molar-refractivity contribution in [3.05, 3.63) is 88.4 Å². The molecule has 3 aromatic rings. The van der Waals surface area contributed by atoms with Crippen LogP contribution in [0.2, 0.25) is 5.02 Å². The molecule has 2 atom stereocenters. The van der Waals surface area contributed by atoms with Crippen LogP contribution < -0.4 is 19.7 Å². The highest BCUT2D eigenvalue weighted by atomic mass is 35.5. The number of rotatable bonds is 16. The standard InChI is InChI=1S/C39H52ClN3O5.ClH/c1-7-42(8-2)35(44)26-34-38(45)43(27-39(3,4)5)32-21-20-29(40)25-31(32)36(48-34)30-18-12-19-33(37(30)46-6)47-24-14-23-41-22-13-17-28-15-10-9-11-16-28;/h9-12,15-16,18-21,25,34,36,41H,7-8,13-14,17,22-24,26-27H2,1-6H3;1H/t34-,36-;/m1./s1. The van der Waals surface area contributed by atoms with Crippen LogP contribution in [0.5, 0.6) is 11.5 Å². The van der Waals surface area contributed by atoms with E-state index in [1.165, 1.54) is 5.56 Å². The van der Waals surface area contributed by atoms with Crippen molar-refractivity contribution in [1.29, 1.82) is 0 Å². The molecule has 2 amide bonds. The maximum Gasteiger partial charge on any atom is 0.256 e. The Morgan fingerprint density at radius 2 is 1.69 bits per heavy atom. The lowest BCUT2D eigenvalue weighted by molar-refractivity contribution is -0.142. The Bertz CT molecular complexity index is 1490. The summed E-state index contributed by atoms with van der Waals surface area (Å²) in [5.74, 6) is 0.729. The number of anilines is 1. The third-order valence-corrected chi connectivity index (χ3v) is 8.66.